The molecule has 2 aromatic heterocycles. The number of nitrogens with one attached hydrogen (secondary N) is 1. The van der Waals surface area contributed by atoms with Crippen molar-refractivity contribution in [2.24, 2.45) is 0 Å². The van der Waals surface area contributed by atoms with E-state index in [1.54, 1.807) is 35.1 Å². The van der Waals surface area contributed by atoms with Gasteiger partial charge in [0, 0.05) is 17.8 Å². The van der Waals surface area contributed by atoms with Gasteiger partial charge < -0.3 is 4.74 Å². The Hall–Kier alpha value is -4.08. The maximum Gasteiger partial charge on any atom is 0.242 e. The van der Waals surface area contributed by atoms with Gasteiger partial charge in [-0.25, -0.2) is 22.2 Å². The summed E-state index contributed by atoms with van der Waals surface area (Å²) >= 11 is 0. The summed E-state index contributed by atoms with van der Waals surface area (Å²) < 4.78 is 49.7. The molecule has 9 heteroatoms. The molecule has 0 amide bonds. The molecule has 0 fully saturated rings. The Morgan fingerprint density at radius 3 is 2.50 bits per heavy atom. The van der Waals surface area contributed by atoms with Crippen molar-refractivity contribution in [3.63, 3.8) is 0 Å². The first-order chi connectivity index (χ1) is 17.5. The van der Waals surface area contributed by atoms with Gasteiger partial charge >= 0.3 is 0 Å². The van der Waals surface area contributed by atoms with Gasteiger partial charge in [0.1, 0.15) is 23.1 Å². The highest BCUT2D eigenvalue weighted by Crippen LogP contribution is 2.24. The second kappa shape index (κ2) is 10.3. The van der Waals surface area contributed by atoms with Crippen LogP contribution in [0.5, 0.6) is 5.75 Å². The Bertz CT molecular complexity index is 1560. The molecule has 0 saturated heterocycles. The molecule has 36 heavy (non-hydrogen) atoms. The molecular formula is C27H23FN4O3S. The van der Waals surface area contributed by atoms with Crippen LogP contribution in [-0.2, 0) is 16.4 Å². The number of pyridine rings is 1. The average Bonchev–Trinajstić information content (AvgIpc) is 3.32. The summed E-state index contributed by atoms with van der Waals surface area (Å²) in [5.74, 6) is 0.273. The quantitative estimate of drug-likeness (QED) is 0.320. The van der Waals surface area contributed by atoms with Crippen molar-refractivity contribution in [1.29, 1.82) is 0 Å². The molecule has 0 saturated carbocycles. The highest BCUT2D eigenvalue weighted by molar-refractivity contribution is 7.89. The Labute approximate surface area is 208 Å². The summed E-state index contributed by atoms with van der Waals surface area (Å²) in [5.41, 5.74) is 2.57. The molecule has 3 aromatic carbocycles. The standard InChI is InChI=1S/C27H23FN4O3S/c28-22-8-10-24(11-9-22)32-27-13-12-25(16-21(27)17-30-32)35-19-23(15-20-5-2-1-3-6-20)31-36(33,34)26-7-4-14-29-18-26/h1-14,16-18,23,31H,15,19H2. The highest BCUT2D eigenvalue weighted by atomic mass is 32.2. The van der Waals surface area contributed by atoms with E-state index in [0.717, 1.165) is 22.2 Å². The van der Waals surface area contributed by atoms with Crippen molar-refractivity contribution in [2.75, 3.05) is 6.61 Å². The van der Waals surface area contributed by atoms with Crippen LogP contribution < -0.4 is 9.46 Å². The van der Waals surface area contributed by atoms with E-state index in [2.05, 4.69) is 14.8 Å². The fourth-order valence-corrected chi connectivity index (χ4v) is 5.10. The van der Waals surface area contributed by atoms with E-state index in [0.29, 0.717) is 12.2 Å². The lowest BCUT2D eigenvalue weighted by atomic mass is 10.1. The molecular weight excluding hydrogens is 479 g/mol. The maximum atomic E-state index is 13.3. The number of ether oxygens (including phenoxy) is 1. The summed E-state index contributed by atoms with van der Waals surface area (Å²) in [7, 11) is -3.78. The normalized spacial score (nSPS) is 12.5. The molecule has 7 nitrogen and oxygen atoms in total. The molecule has 182 valence electrons. The minimum absolute atomic E-state index is 0.0951. The van der Waals surface area contributed by atoms with Crippen molar-refractivity contribution in [2.45, 2.75) is 17.4 Å². The molecule has 0 bridgehead atoms. The first-order valence-electron chi connectivity index (χ1n) is 11.3. The smallest absolute Gasteiger partial charge is 0.242 e. The molecule has 0 spiro atoms. The van der Waals surface area contributed by atoms with Gasteiger partial charge in [0.15, 0.2) is 0 Å². The summed E-state index contributed by atoms with van der Waals surface area (Å²) in [6.45, 7) is 0.117. The second-order valence-electron chi connectivity index (χ2n) is 8.26. The third kappa shape index (κ3) is 5.42. The lowest BCUT2D eigenvalue weighted by molar-refractivity contribution is 0.278. The van der Waals surface area contributed by atoms with Crippen molar-refractivity contribution in [1.82, 2.24) is 19.5 Å². The number of benzene rings is 3. The van der Waals surface area contributed by atoms with Gasteiger partial charge in [-0.1, -0.05) is 30.3 Å². The maximum absolute atomic E-state index is 13.3. The molecule has 5 rings (SSSR count). The Kier molecular flexibility index (Phi) is 6.75. The van der Waals surface area contributed by atoms with E-state index in [1.807, 2.05) is 42.5 Å². The first-order valence-corrected chi connectivity index (χ1v) is 12.8. The monoisotopic (exact) mass is 502 g/mol. The molecule has 1 N–H and O–H groups in total. The van der Waals surface area contributed by atoms with Crippen LogP contribution in [-0.4, -0.2) is 35.8 Å². The van der Waals surface area contributed by atoms with Crippen molar-refractivity contribution < 1.29 is 17.5 Å². The number of sulfonamides is 1. The van der Waals surface area contributed by atoms with Crippen LogP contribution in [0.2, 0.25) is 0 Å². The van der Waals surface area contributed by atoms with Gasteiger partial charge in [-0.2, -0.15) is 5.10 Å². The predicted octanol–water partition coefficient (Wildman–Crippen LogP) is 4.53. The average molecular weight is 503 g/mol. The summed E-state index contributed by atoms with van der Waals surface area (Å²) in [5, 5.41) is 5.25. The molecule has 2 heterocycles. The lowest BCUT2D eigenvalue weighted by Gasteiger charge is -2.20. The molecule has 1 unspecified atom stereocenters. The van der Waals surface area contributed by atoms with Crippen LogP contribution in [0, 0.1) is 5.82 Å². The number of fused-ring (bicyclic) bond motifs is 1. The summed E-state index contributed by atoms with van der Waals surface area (Å²) in [4.78, 5) is 4.01. The highest BCUT2D eigenvalue weighted by Gasteiger charge is 2.21. The zero-order valence-electron chi connectivity index (χ0n) is 19.2. The SMILES string of the molecule is O=S(=O)(NC(COc1ccc2c(cnn2-c2ccc(F)cc2)c1)Cc1ccccc1)c1cccnc1. The van der Waals surface area contributed by atoms with Crippen LogP contribution in [0.1, 0.15) is 5.56 Å². The fraction of sp³-hybridized carbons (Fsp3) is 0.111. The van der Waals surface area contributed by atoms with Crippen molar-refractivity contribution in [3.05, 3.63) is 115 Å². The van der Waals surface area contributed by atoms with Crippen LogP contribution >= 0.6 is 0 Å². The fourth-order valence-electron chi connectivity index (χ4n) is 3.91. The molecule has 0 aliphatic heterocycles. The number of aromatic nitrogens is 3. The third-order valence-electron chi connectivity index (χ3n) is 5.65. The van der Waals surface area contributed by atoms with Crippen LogP contribution in [0.3, 0.4) is 0 Å². The number of halogens is 1. The number of hydrogen-bond donors (Lipinski definition) is 1. The molecule has 0 aliphatic carbocycles. The zero-order valence-corrected chi connectivity index (χ0v) is 20.0. The Balaban J connectivity index is 1.35. The van der Waals surface area contributed by atoms with Gasteiger partial charge in [-0.3, -0.25) is 4.98 Å². The van der Waals surface area contributed by atoms with Crippen molar-refractivity contribution >= 4 is 20.9 Å². The van der Waals surface area contributed by atoms with E-state index in [1.165, 1.54) is 30.6 Å². The molecule has 1 atom stereocenters. The van der Waals surface area contributed by atoms with Crippen molar-refractivity contribution in [3.8, 4) is 11.4 Å². The van der Waals surface area contributed by atoms with Gasteiger partial charge in [-0.05, 0) is 66.6 Å². The van der Waals surface area contributed by atoms with E-state index in [-0.39, 0.29) is 17.3 Å². The third-order valence-corrected chi connectivity index (χ3v) is 7.16. The minimum atomic E-state index is -3.78. The first kappa shape index (κ1) is 23.7. The van der Waals surface area contributed by atoms with E-state index in [4.69, 9.17) is 4.74 Å². The van der Waals surface area contributed by atoms with Crippen LogP contribution in [0.4, 0.5) is 4.39 Å². The van der Waals surface area contributed by atoms with Crippen LogP contribution in [0.15, 0.2) is 108 Å². The predicted molar refractivity (Wildman–Crippen MR) is 135 cm³/mol. The van der Waals surface area contributed by atoms with Gasteiger partial charge in [-0.15, -0.1) is 0 Å². The molecule has 5 aromatic rings. The summed E-state index contributed by atoms with van der Waals surface area (Å²) in [6.07, 6.45) is 5.00. The summed E-state index contributed by atoms with van der Waals surface area (Å²) in [6, 6.07) is 23.8. The topological polar surface area (TPSA) is 86.1 Å². The minimum Gasteiger partial charge on any atom is -0.492 e. The Morgan fingerprint density at radius 1 is 0.944 bits per heavy atom. The van der Waals surface area contributed by atoms with Gasteiger partial charge in [0.05, 0.1) is 23.4 Å². The lowest BCUT2D eigenvalue weighted by Crippen LogP contribution is -2.40. The van der Waals surface area contributed by atoms with E-state index < -0.39 is 16.1 Å². The van der Waals surface area contributed by atoms with Crippen LogP contribution in [0.25, 0.3) is 16.6 Å². The molecule has 0 radical (unpaired) electrons. The second-order valence-corrected chi connectivity index (χ2v) is 9.98. The zero-order chi connectivity index (χ0) is 25.0. The van der Waals surface area contributed by atoms with E-state index in [9.17, 15) is 12.8 Å². The Morgan fingerprint density at radius 2 is 1.75 bits per heavy atom. The number of hydrogen-bond acceptors (Lipinski definition) is 5. The number of nitrogens with zero attached hydrogens (tertiary/aromatic N) is 3. The number of rotatable bonds is 9. The largest absolute Gasteiger partial charge is 0.492 e. The van der Waals surface area contributed by atoms with Gasteiger partial charge in [0.2, 0.25) is 10.0 Å². The molecule has 0 aliphatic rings. The van der Waals surface area contributed by atoms with Gasteiger partial charge in [0.25, 0.3) is 0 Å². The van der Waals surface area contributed by atoms with E-state index >= 15 is 0 Å².